The topological polar surface area (TPSA) is 37.9 Å². The standard InChI is InChI=1S/C9H3ClF6N2O/c10-3-1-4-5(2-6(3)19-9(14,15)16)18-7(17-4)8(11,12)13/h1-2H,(H,17,18). The summed E-state index contributed by atoms with van der Waals surface area (Å²) in [4.78, 5) is 5.04. The van der Waals surface area contributed by atoms with Crippen molar-refractivity contribution >= 4 is 22.6 Å². The van der Waals surface area contributed by atoms with Gasteiger partial charge in [-0.3, -0.25) is 0 Å². The molecule has 19 heavy (non-hydrogen) atoms. The maximum atomic E-state index is 12.4. The summed E-state index contributed by atoms with van der Waals surface area (Å²) in [6, 6.07) is 1.55. The van der Waals surface area contributed by atoms with E-state index in [1.165, 1.54) is 0 Å². The van der Waals surface area contributed by atoms with Crippen LogP contribution >= 0.6 is 11.6 Å². The van der Waals surface area contributed by atoms with Crippen LogP contribution in [-0.2, 0) is 6.18 Å². The molecular formula is C9H3ClF6N2O. The lowest BCUT2D eigenvalue weighted by Crippen LogP contribution is -2.17. The number of nitrogens with zero attached hydrogens (tertiary/aromatic N) is 1. The Morgan fingerprint density at radius 1 is 1.11 bits per heavy atom. The summed E-state index contributed by atoms with van der Waals surface area (Å²) in [6.45, 7) is 0. The average molecular weight is 305 g/mol. The van der Waals surface area contributed by atoms with E-state index >= 15 is 0 Å². The molecule has 2 rings (SSSR count). The quantitative estimate of drug-likeness (QED) is 0.804. The number of aromatic amines is 1. The van der Waals surface area contributed by atoms with Gasteiger partial charge in [-0.25, -0.2) is 4.98 Å². The van der Waals surface area contributed by atoms with Crippen molar-refractivity contribution in [2.24, 2.45) is 0 Å². The van der Waals surface area contributed by atoms with E-state index in [1.54, 1.807) is 0 Å². The third-order valence-electron chi connectivity index (χ3n) is 2.03. The number of alkyl halides is 6. The van der Waals surface area contributed by atoms with Crippen molar-refractivity contribution in [2.75, 3.05) is 0 Å². The summed E-state index contributed by atoms with van der Waals surface area (Å²) in [7, 11) is 0. The Morgan fingerprint density at radius 2 is 1.74 bits per heavy atom. The first-order chi connectivity index (χ1) is 8.56. The molecule has 1 aromatic carbocycles. The van der Waals surface area contributed by atoms with Crippen LogP contribution in [0.3, 0.4) is 0 Å². The van der Waals surface area contributed by atoms with Gasteiger partial charge in [0.1, 0.15) is 5.75 Å². The first-order valence-corrected chi connectivity index (χ1v) is 4.96. The van der Waals surface area contributed by atoms with Gasteiger partial charge >= 0.3 is 12.5 Å². The van der Waals surface area contributed by atoms with Crippen molar-refractivity contribution in [1.29, 1.82) is 0 Å². The monoisotopic (exact) mass is 304 g/mol. The number of hydrogen-bond acceptors (Lipinski definition) is 2. The lowest BCUT2D eigenvalue weighted by molar-refractivity contribution is -0.274. The van der Waals surface area contributed by atoms with Gasteiger partial charge in [0.15, 0.2) is 0 Å². The molecular weight excluding hydrogens is 302 g/mol. The third kappa shape index (κ3) is 3.03. The highest BCUT2D eigenvalue weighted by Crippen LogP contribution is 2.35. The van der Waals surface area contributed by atoms with Crippen LogP contribution in [0.25, 0.3) is 11.0 Å². The number of ether oxygens (including phenoxy) is 1. The summed E-state index contributed by atoms with van der Waals surface area (Å²) < 4.78 is 76.7. The molecule has 1 aromatic heterocycles. The SMILES string of the molecule is FC(F)(F)Oc1cc2nc(C(F)(F)F)[nH]c2cc1Cl. The third-order valence-corrected chi connectivity index (χ3v) is 2.33. The minimum absolute atomic E-state index is 0.146. The molecule has 0 fully saturated rings. The van der Waals surface area contributed by atoms with E-state index in [2.05, 4.69) is 9.72 Å². The second-order valence-corrected chi connectivity index (χ2v) is 3.84. The number of fused-ring (bicyclic) bond motifs is 1. The van der Waals surface area contributed by atoms with Crippen LogP contribution in [0.15, 0.2) is 12.1 Å². The van der Waals surface area contributed by atoms with E-state index in [1.807, 2.05) is 4.98 Å². The number of halogens is 7. The molecule has 10 heteroatoms. The zero-order valence-electron chi connectivity index (χ0n) is 8.66. The van der Waals surface area contributed by atoms with Crippen LogP contribution in [-0.4, -0.2) is 16.3 Å². The smallest absolute Gasteiger partial charge is 0.404 e. The average Bonchev–Trinajstić information content (AvgIpc) is 2.58. The molecule has 0 aliphatic carbocycles. The second-order valence-electron chi connectivity index (χ2n) is 3.43. The van der Waals surface area contributed by atoms with Crippen LogP contribution in [0.2, 0.25) is 5.02 Å². The highest BCUT2D eigenvalue weighted by molar-refractivity contribution is 6.32. The summed E-state index contributed by atoms with van der Waals surface area (Å²) in [6.07, 6.45) is -9.74. The molecule has 0 atom stereocenters. The van der Waals surface area contributed by atoms with E-state index in [0.29, 0.717) is 6.07 Å². The fourth-order valence-electron chi connectivity index (χ4n) is 1.35. The van der Waals surface area contributed by atoms with Crippen LogP contribution in [0, 0.1) is 0 Å². The Kier molecular flexibility index (Phi) is 3.04. The largest absolute Gasteiger partial charge is 0.573 e. The van der Waals surface area contributed by atoms with Crippen LogP contribution < -0.4 is 4.74 Å². The van der Waals surface area contributed by atoms with Gasteiger partial charge in [-0.15, -0.1) is 13.2 Å². The van der Waals surface area contributed by atoms with Crippen molar-refractivity contribution in [3.05, 3.63) is 23.0 Å². The number of rotatable bonds is 1. The van der Waals surface area contributed by atoms with Gasteiger partial charge in [0.2, 0.25) is 5.82 Å². The lowest BCUT2D eigenvalue weighted by atomic mass is 10.3. The number of benzene rings is 1. The van der Waals surface area contributed by atoms with E-state index < -0.39 is 29.1 Å². The fraction of sp³-hybridized carbons (Fsp3) is 0.222. The summed E-state index contributed by atoms with van der Waals surface area (Å²) in [5.41, 5.74) is -0.483. The molecule has 104 valence electrons. The molecule has 0 bridgehead atoms. The van der Waals surface area contributed by atoms with Crippen LogP contribution in [0.4, 0.5) is 26.3 Å². The molecule has 0 unspecified atom stereocenters. The molecule has 2 aromatic rings. The Hall–Kier alpha value is -1.64. The number of H-pyrrole nitrogens is 1. The predicted molar refractivity (Wildman–Crippen MR) is 52.8 cm³/mol. The van der Waals surface area contributed by atoms with Gasteiger partial charge in [-0.1, -0.05) is 11.6 Å². The number of imidazole rings is 1. The molecule has 0 radical (unpaired) electrons. The van der Waals surface area contributed by atoms with Crippen LogP contribution in [0.5, 0.6) is 5.75 Å². The first kappa shape index (κ1) is 13.8. The van der Waals surface area contributed by atoms with E-state index in [0.717, 1.165) is 6.07 Å². The van der Waals surface area contributed by atoms with Gasteiger partial charge in [-0.05, 0) is 6.07 Å². The molecule has 1 N–H and O–H groups in total. The zero-order chi connectivity index (χ0) is 14.4. The van der Waals surface area contributed by atoms with Gasteiger partial charge in [0, 0.05) is 6.07 Å². The van der Waals surface area contributed by atoms with Gasteiger partial charge < -0.3 is 9.72 Å². The molecule has 0 spiro atoms. The van der Waals surface area contributed by atoms with E-state index in [9.17, 15) is 26.3 Å². The highest BCUT2D eigenvalue weighted by Gasteiger charge is 2.36. The summed E-state index contributed by atoms with van der Waals surface area (Å²) >= 11 is 5.48. The minimum atomic E-state index is -5.00. The van der Waals surface area contributed by atoms with Crippen molar-refractivity contribution in [3.8, 4) is 5.75 Å². The van der Waals surface area contributed by atoms with Crippen LogP contribution in [0.1, 0.15) is 5.82 Å². The van der Waals surface area contributed by atoms with Crippen molar-refractivity contribution in [2.45, 2.75) is 12.5 Å². The van der Waals surface area contributed by atoms with Crippen molar-refractivity contribution < 1.29 is 31.1 Å². The molecule has 1 heterocycles. The summed E-state index contributed by atoms with van der Waals surface area (Å²) in [5, 5.41) is -0.484. The minimum Gasteiger partial charge on any atom is -0.404 e. The molecule has 0 aliphatic heterocycles. The molecule has 0 saturated carbocycles. The van der Waals surface area contributed by atoms with E-state index in [4.69, 9.17) is 11.6 Å². The van der Waals surface area contributed by atoms with Crippen molar-refractivity contribution in [3.63, 3.8) is 0 Å². The van der Waals surface area contributed by atoms with E-state index in [-0.39, 0.29) is 11.0 Å². The first-order valence-electron chi connectivity index (χ1n) is 4.58. The molecule has 0 saturated heterocycles. The molecule has 0 aliphatic rings. The Labute approximate surface area is 106 Å². The molecule has 3 nitrogen and oxygen atoms in total. The maximum absolute atomic E-state index is 12.4. The lowest BCUT2D eigenvalue weighted by Gasteiger charge is -2.09. The number of hydrogen-bond donors (Lipinski definition) is 1. The Bertz CT molecular complexity index is 617. The van der Waals surface area contributed by atoms with Crippen molar-refractivity contribution in [1.82, 2.24) is 9.97 Å². The predicted octanol–water partition coefficient (Wildman–Crippen LogP) is 4.13. The van der Waals surface area contributed by atoms with Gasteiger partial charge in [-0.2, -0.15) is 13.2 Å². The number of aromatic nitrogens is 2. The van der Waals surface area contributed by atoms with Gasteiger partial charge in [0.25, 0.3) is 0 Å². The number of nitrogens with one attached hydrogen (secondary N) is 1. The zero-order valence-corrected chi connectivity index (χ0v) is 9.41. The summed E-state index contributed by atoms with van der Waals surface area (Å²) in [5.74, 6) is -2.15. The highest BCUT2D eigenvalue weighted by atomic mass is 35.5. The normalized spacial score (nSPS) is 13.0. The molecule has 0 amide bonds. The van der Waals surface area contributed by atoms with Gasteiger partial charge in [0.05, 0.1) is 16.1 Å². The Balaban J connectivity index is 2.50. The maximum Gasteiger partial charge on any atom is 0.573 e. The second kappa shape index (κ2) is 4.19. The Morgan fingerprint density at radius 3 is 2.26 bits per heavy atom. The fourth-order valence-corrected chi connectivity index (χ4v) is 1.55.